The van der Waals surface area contributed by atoms with E-state index < -0.39 is 0 Å². The molecule has 2 amide bonds. The Bertz CT molecular complexity index is 967. The van der Waals surface area contributed by atoms with Crippen LogP contribution in [-0.2, 0) is 29.0 Å². The Balaban J connectivity index is 1.43. The second-order valence-electron chi connectivity index (χ2n) is 7.75. The van der Waals surface area contributed by atoms with Gasteiger partial charge in [0.2, 0.25) is 11.8 Å². The highest BCUT2D eigenvalue weighted by Crippen LogP contribution is 2.26. The number of amides is 2. The topological polar surface area (TPSA) is 49.4 Å². The van der Waals surface area contributed by atoms with Crippen molar-refractivity contribution < 1.29 is 14.0 Å². The van der Waals surface area contributed by atoms with Crippen LogP contribution in [0.4, 0.5) is 10.1 Å². The zero-order chi connectivity index (χ0) is 20.2. The van der Waals surface area contributed by atoms with Crippen LogP contribution in [0.15, 0.2) is 54.1 Å². The lowest BCUT2D eigenvalue weighted by atomic mass is 9.95. The van der Waals surface area contributed by atoms with Gasteiger partial charge in [0.15, 0.2) is 0 Å². The van der Waals surface area contributed by atoms with Gasteiger partial charge in [-0.3, -0.25) is 9.59 Å². The summed E-state index contributed by atoms with van der Waals surface area (Å²) < 4.78 is 13.8. The zero-order valence-electron chi connectivity index (χ0n) is 16.4. The minimum absolute atomic E-state index is 0.0114. The van der Waals surface area contributed by atoms with Gasteiger partial charge in [0.25, 0.3) is 0 Å². The quantitative estimate of drug-likeness (QED) is 0.839. The smallest absolute Gasteiger partial charge is 0.249 e. The van der Waals surface area contributed by atoms with E-state index in [0.717, 1.165) is 49.8 Å². The molecule has 0 atom stereocenters. The average Bonchev–Trinajstić information content (AvgIpc) is 2.75. The summed E-state index contributed by atoms with van der Waals surface area (Å²) in [6.07, 6.45) is 6.99. The molecule has 1 N–H and O–H groups in total. The molecule has 4 rings (SSSR count). The van der Waals surface area contributed by atoms with Crippen molar-refractivity contribution in [3.05, 3.63) is 76.6 Å². The van der Waals surface area contributed by atoms with Crippen LogP contribution >= 0.6 is 0 Å². The first kappa shape index (κ1) is 19.4. The van der Waals surface area contributed by atoms with Crippen molar-refractivity contribution in [2.24, 2.45) is 0 Å². The van der Waals surface area contributed by atoms with Crippen LogP contribution in [-0.4, -0.2) is 23.3 Å². The molecule has 2 aromatic rings. The van der Waals surface area contributed by atoms with Crippen LogP contribution in [0.2, 0.25) is 0 Å². The zero-order valence-corrected chi connectivity index (χ0v) is 16.4. The van der Waals surface area contributed by atoms with Crippen LogP contribution < -0.4 is 5.32 Å². The van der Waals surface area contributed by atoms with E-state index in [4.69, 9.17) is 0 Å². The van der Waals surface area contributed by atoms with E-state index in [1.807, 2.05) is 23.1 Å². The lowest BCUT2D eigenvalue weighted by Gasteiger charge is -2.30. The van der Waals surface area contributed by atoms with E-state index in [2.05, 4.69) is 11.4 Å². The number of nitrogens with zero attached hydrogens (tertiary/aromatic N) is 1. The second-order valence-corrected chi connectivity index (χ2v) is 7.75. The average molecular weight is 392 g/mol. The van der Waals surface area contributed by atoms with E-state index in [1.165, 1.54) is 11.6 Å². The number of benzene rings is 2. The predicted octanol–water partition coefficient (Wildman–Crippen LogP) is 4.39. The minimum atomic E-state index is -0.376. The Morgan fingerprint density at radius 1 is 1.03 bits per heavy atom. The van der Waals surface area contributed by atoms with Gasteiger partial charge in [0.1, 0.15) is 5.82 Å². The third-order valence-corrected chi connectivity index (χ3v) is 5.66. The van der Waals surface area contributed by atoms with Crippen LogP contribution in [0.1, 0.15) is 42.4 Å². The SMILES string of the molecule is O=C(Cc1ccccc1F)Nc1ccc2c(c1)CN(C(=O)C1=CCCCC1)CC2. The van der Waals surface area contributed by atoms with Gasteiger partial charge in [0.05, 0.1) is 6.42 Å². The molecule has 0 aromatic heterocycles. The van der Waals surface area contributed by atoms with Crippen molar-refractivity contribution in [1.29, 1.82) is 0 Å². The number of carbonyl (C=O) groups excluding carboxylic acids is 2. The molecule has 0 saturated carbocycles. The van der Waals surface area contributed by atoms with E-state index in [-0.39, 0.29) is 24.1 Å². The molecule has 5 heteroatoms. The highest BCUT2D eigenvalue weighted by atomic mass is 19.1. The fraction of sp³-hybridized carbons (Fsp3) is 0.333. The molecule has 0 spiro atoms. The number of halogens is 1. The summed E-state index contributed by atoms with van der Waals surface area (Å²) in [5.74, 6) is -0.491. The molecule has 1 aliphatic heterocycles. The molecule has 0 bridgehead atoms. The first-order chi connectivity index (χ1) is 14.1. The lowest BCUT2D eigenvalue weighted by molar-refractivity contribution is -0.128. The number of hydrogen-bond donors (Lipinski definition) is 1. The molecular weight excluding hydrogens is 367 g/mol. The summed E-state index contributed by atoms with van der Waals surface area (Å²) >= 11 is 0. The van der Waals surface area contributed by atoms with E-state index in [9.17, 15) is 14.0 Å². The second kappa shape index (κ2) is 8.60. The molecule has 4 nitrogen and oxygen atoms in total. The first-order valence-electron chi connectivity index (χ1n) is 10.2. The van der Waals surface area contributed by atoms with Crippen molar-refractivity contribution >= 4 is 17.5 Å². The third kappa shape index (κ3) is 4.56. The van der Waals surface area contributed by atoms with Crippen LogP contribution in [0.25, 0.3) is 0 Å². The number of fused-ring (bicyclic) bond motifs is 1. The van der Waals surface area contributed by atoms with E-state index in [0.29, 0.717) is 17.8 Å². The number of nitrogens with one attached hydrogen (secondary N) is 1. The van der Waals surface area contributed by atoms with Crippen molar-refractivity contribution in [3.8, 4) is 0 Å². The highest BCUT2D eigenvalue weighted by molar-refractivity contribution is 5.94. The fourth-order valence-electron chi connectivity index (χ4n) is 4.06. The molecule has 0 unspecified atom stereocenters. The summed E-state index contributed by atoms with van der Waals surface area (Å²) in [5, 5.41) is 2.85. The standard InChI is InChI=1S/C24H25FN2O2/c25-22-9-5-4-8-19(22)15-23(28)26-21-11-10-17-12-13-27(16-20(17)14-21)24(29)18-6-2-1-3-7-18/h4-6,8-11,14H,1-3,7,12-13,15-16H2,(H,26,28). The van der Waals surface area contributed by atoms with Gasteiger partial charge in [-0.2, -0.15) is 0 Å². The molecule has 0 saturated heterocycles. The molecule has 2 aromatic carbocycles. The Morgan fingerprint density at radius 3 is 2.69 bits per heavy atom. The maximum atomic E-state index is 13.8. The maximum absolute atomic E-state index is 13.8. The van der Waals surface area contributed by atoms with E-state index >= 15 is 0 Å². The third-order valence-electron chi connectivity index (χ3n) is 5.66. The normalized spacial score (nSPS) is 16.0. The van der Waals surface area contributed by atoms with Gasteiger partial charge in [-0.1, -0.05) is 30.3 Å². The van der Waals surface area contributed by atoms with Crippen molar-refractivity contribution in [1.82, 2.24) is 4.90 Å². The van der Waals surface area contributed by atoms with Gasteiger partial charge in [-0.25, -0.2) is 4.39 Å². The van der Waals surface area contributed by atoms with Gasteiger partial charge in [0, 0.05) is 24.4 Å². The van der Waals surface area contributed by atoms with Gasteiger partial charge < -0.3 is 10.2 Å². The molecule has 0 fully saturated rings. The molecule has 150 valence electrons. The van der Waals surface area contributed by atoms with Crippen LogP contribution in [0.5, 0.6) is 0 Å². The number of anilines is 1. The summed E-state index contributed by atoms with van der Waals surface area (Å²) in [6.45, 7) is 1.28. The summed E-state index contributed by atoms with van der Waals surface area (Å²) in [4.78, 5) is 27.1. The summed E-state index contributed by atoms with van der Waals surface area (Å²) in [5.41, 5.74) is 4.26. The summed E-state index contributed by atoms with van der Waals surface area (Å²) in [6, 6.07) is 12.1. The maximum Gasteiger partial charge on any atom is 0.249 e. The number of rotatable bonds is 4. The molecular formula is C24H25FN2O2. The van der Waals surface area contributed by atoms with Crippen molar-refractivity contribution in [2.75, 3.05) is 11.9 Å². The monoisotopic (exact) mass is 392 g/mol. The Hall–Kier alpha value is -2.95. The number of carbonyl (C=O) groups is 2. The van der Waals surface area contributed by atoms with Crippen LogP contribution in [0, 0.1) is 5.82 Å². The number of allylic oxidation sites excluding steroid dienone is 1. The Labute approximate surface area is 170 Å². The van der Waals surface area contributed by atoms with Gasteiger partial charge >= 0.3 is 0 Å². The largest absolute Gasteiger partial charge is 0.334 e. The predicted molar refractivity (Wildman–Crippen MR) is 111 cm³/mol. The number of hydrogen-bond acceptors (Lipinski definition) is 2. The Kier molecular flexibility index (Phi) is 5.74. The fourth-order valence-corrected chi connectivity index (χ4v) is 4.06. The first-order valence-corrected chi connectivity index (χ1v) is 10.2. The summed E-state index contributed by atoms with van der Waals surface area (Å²) in [7, 11) is 0. The van der Waals surface area contributed by atoms with Gasteiger partial charge in [-0.05, 0) is 67.0 Å². The van der Waals surface area contributed by atoms with Gasteiger partial charge in [-0.15, -0.1) is 0 Å². The van der Waals surface area contributed by atoms with Crippen molar-refractivity contribution in [2.45, 2.75) is 45.1 Å². The molecule has 0 radical (unpaired) electrons. The highest BCUT2D eigenvalue weighted by Gasteiger charge is 2.24. The van der Waals surface area contributed by atoms with E-state index in [1.54, 1.807) is 18.2 Å². The molecule has 1 heterocycles. The molecule has 2 aliphatic rings. The minimum Gasteiger partial charge on any atom is -0.334 e. The lowest BCUT2D eigenvalue weighted by Crippen LogP contribution is -2.37. The molecule has 1 aliphatic carbocycles. The van der Waals surface area contributed by atoms with Crippen LogP contribution in [0.3, 0.4) is 0 Å². The van der Waals surface area contributed by atoms with Crippen molar-refractivity contribution in [3.63, 3.8) is 0 Å². The molecule has 29 heavy (non-hydrogen) atoms. The Morgan fingerprint density at radius 2 is 1.90 bits per heavy atom.